The summed E-state index contributed by atoms with van der Waals surface area (Å²) in [6.07, 6.45) is 0.770. The third-order valence-electron chi connectivity index (χ3n) is 4.19. The molecule has 0 saturated heterocycles. The van der Waals surface area contributed by atoms with Crippen molar-refractivity contribution < 1.29 is 14.0 Å². The van der Waals surface area contributed by atoms with Crippen LogP contribution in [0.3, 0.4) is 0 Å². The van der Waals surface area contributed by atoms with Gasteiger partial charge in [-0.15, -0.1) is 0 Å². The number of amides is 2. The zero-order valence-electron chi connectivity index (χ0n) is 13.2. The summed E-state index contributed by atoms with van der Waals surface area (Å²) in [6, 6.07) is 12.2. The number of carbonyl (C=O) groups excluding carboxylic acids is 2. The molecule has 7 heteroatoms. The van der Waals surface area contributed by atoms with E-state index in [9.17, 15) is 14.4 Å². The maximum Gasteiger partial charge on any atom is 0.420 e. The van der Waals surface area contributed by atoms with Gasteiger partial charge in [0.2, 0.25) is 5.91 Å². The molecule has 0 aliphatic carbocycles. The van der Waals surface area contributed by atoms with E-state index >= 15 is 0 Å². The number of oxazole rings is 1. The molecule has 2 N–H and O–H groups in total. The number of nitrogens with zero attached hydrogens (tertiary/aromatic N) is 1. The lowest BCUT2D eigenvalue weighted by Gasteiger charge is -2.17. The molecule has 2 amide bonds. The molecule has 7 nitrogen and oxygen atoms in total. The second-order valence-corrected chi connectivity index (χ2v) is 5.85. The summed E-state index contributed by atoms with van der Waals surface area (Å²) < 4.78 is 6.39. The molecule has 1 aliphatic heterocycles. The Morgan fingerprint density at radius 3 is 2.92 bits per heavy atom. The Morgan fingerprint density at radius 2 is 2.04 bits per heavy atom. The molecule has 0 radical (unpaired) electrons. The van der Waals surface area contributed by atoms with E-state index in [0.29, 0.717) is 28.9 Å². The summed E-state index contributed by atoms with van der Waals surface area (Å²) in [5.74, 6) is -1.10. The van der Waals surface area contributed by atoms with E-state index in [0.717, 1.165) is 12.0 Å². The molecule has 0 unspecified atom stereocenters. The first-order valence-electron chi connectivity index (χ1n) is 7.91. The first-order chi connectivity index (χ1) is 12.1. The van der Waals surface area contributed by atoms with Crippen LogP contribution in [0.5, 0.6) is 0 Å². The third kappa shape index (κ3) is 2.80. The molecule has 126 valence electrons. The van der Waals surface area contributed by atoms with Crippen molar-refractivity contribution in [2.45, 2.75) is 13.0 Å². The monoisotopic (exact) mass is 337 g/mol. The Morgan fingerprint density at radius 1 is 1.20 bits per heavy atom. The molecule has 0 spiro atoms. The summed E-state index contributed by atoms with van der Waals surface area (Å²) in [5, 5.41) is 5.50. The average Bonchev–Trinajstić information content (AvgIpc) is 2.91. The quantitative estimate of drug-likeness (QED) is 0.758. The highest BCUT2D eigenvalue weighted by Crippen LogP contribution is 2.19. The highest BCUT2D eigenvalue weighted by atomic mass is 16.4. The molecule has 1 aliphatic rings. The second-order valence-electron chi connectivity index (χ2n) is 5.85. The minimum Gasteiger partial charge on any atom is -0.408 e. The lowest BCUT2D eigenvalue weighted by atomic mass is 10.00. The van der Waals surface area contributed by atoms with Crippen molar-refractivity contribution in [1.29, 1.82) is 0 Å². The van der Waals surface area contributed by atoms with Gasteiger partial charge in [0.15, 0.2) is 5.58 Å². The predicted octanol–water partition coefficient (Wildman–Crippen LogP) is 1.52. The molecule has 0 atom stereocenters. The van der Waals surface area contributed by atoms with Gasteiger partial charge in [0.05, 0.1) is 5.52 Å². The molecule has 2 heterocycles. The molecular weight excluding hydrogens is 322 g/mol. The van der Waals surface area contributed by atoms with Crippen molar-refractivity contribution in [3.8, 4) is 0 Å². The number of para-hydroxylation sites is 2. The van der Waals surface area contributed by atoms with Gasteiger partial charge < -0.3 is 15.1 Å². The highest BCUT2D eigenvalue weighted by Gasteiger charge is 2.18. The van der Waals surface area contributed by atoms with Crippen LogP contribution in [0, 0.1) is 0 Å². The standard InChI is InChI=1S/C18H15N3O4/c22-16(10-21-14-3-1-2-4-15(14)25-18(21)24)20-12-6-5-11-7-8-19-17(23)13(11)9-12/h1-6,9H,7-8,10H2,(H,19,23)(H,20,22). The molecule has 0 saturated carbocycles. The lowest BCUT2D eigenvalue weighted by molar-refractivity contribution is -0.116. The Hall–Kier alpha value is -3.35. The van der Waals surface area contributed by atoms with Crippen LogP contribution in [0.15, 0.2) is 51.7 Å². The van der Waals surface area contributed by atoms with Crippen LogP contribution < -0.4 is 16.4 Å². The molecule has 0 fully saturated rings. The van der Waals surface area contributed by atoms with Crippen molar-refractivity contribution in [1.82, 2.24) is 9.88 Å². The number of aromatic nitrogens is 1. The van der Waals surface area contributed by atoms with Crippen molar-refractivity contribution in [3.05, 3.63) is 64.1 Å². The lowest BCUT2D eigenvalue weighted by Crippen LogP contribution is -2.32. The van der Waals surface area contributed by atoms with E-state index in [1.807, 2.05) is 6.07 Å². The number of fused-ring (bicyclic) bond motifs is 2. The van der Waals surface area contributed by atoms with Crippen LogP contribution in [-0.4, -0.2) is 22.9 Å². The molecule has 25 heavy (non-hydrogen) atoms. The van der Waals surface area contributed by atoms with Gasteiger partial charge in [-0.1, -0.05) is 18.2 Å². The minimum absolute atomic E-state index is 0.144. The molecule has 1 aromatic heterocycles. The zero-order chi connectivity index (χ0) is 17.4. The number of benzene rings is 2. The smallest absolute Gasteiger partial charge is 0.408 e. The van der Waals surface area contributed by atoms with Crippen molar-refractivity contribution in [3.63, 3.8) is 0 Å². The molecule has 2 aromatic carbocycles. The average molecular weight is 337 g/mol. The van der Waals surface area contributed by atoms with E-state index in [2.05, 4.69) is 10.6 Å². The van der Waals surface area contributed by atoms with Gasteiger partial charge in [-0.3, -0.25) is 14.2 Å². The van der Waals surface area contributed by atoms with Gasteiger partial charge in [0, 0.05) is 17.8 Å². The maximum atomic E-state index is 12.3. The number of nitrogens with one attached hydrogen (secondary N) is 2. The molecule has 0 bridgehead atoms. The van der Waals surface area contributed by atoms with Crippen LogP contribution in [0.2, 0.25) is 0 Å². The Balaban J connectivity index is 1.56. The van der Waals surface area contributed by atoms with Crippen molar-refractivity contribution >= 4 is 28.6 Å². The minimum atomic E-state index is -0.582. The first kappa shape index (κ1) is 15.2. The topological polar surface area (TPSA) is 93.3 Å². The van der Waals surface area contributed by atoms with Gasteiger partial charge in [0.25, 0.3) is 5.91 Å². The Kier molecular flexibility index (Phi) is 3.61. The normalized spacial score (nSPS) is 13.4. The van der Waals surface area contributed by atoms with Crippen LogP contribution in [-0.2, 0) is 17.8 Å². The van der Waals surface area contributed by atoms with Crippen LogP contribution in [0.4, 0.5) is 5.69 Å². The number of hydrogen-bond donors (Lipinski definition) is 2. The molecular formula is C18H15N3O4. The van der Waals surface area contributed by atoms with Gasteiger partial charge in [0.1, 0.15) is 6.54 Å². The summed E-state index contributed by atoms with van der Waals surface area (Å²) in [5.41, 5.74) is 3.04. The first-order valence-corrected chi connectivity index (χ1v) is 7.91. The summed E-state index contributed by atoms with van der Waals surface area (Å²) in [4.78, 5) is 36.1. The second kappa shape index (κ2) is 5.94. The van der Waals surface area contributed by atoms with E-state index in [-0.39, 0.29) is 18.4 Å². The fraction of sp³-hybridized carbons (Fsp3) is 0.167. The number of hydrogen-bond acceptors (Lipinski definition) is 4. The zero-order valence-corrected chi connectivity index (χ0v) is 13.2. The number of anilines is 1. The third-order valence-corrected chi connectivity index (χ3v) is 4.19. The predicted molar refractivity (Wildman–Crippen MR) is 91.6 cm³/mol. The summed E-state index contributed by atoms with van der Waals surface area (Å²) in [6.45, 7) is 0.452. The van der Waals surface area contributed by atoms with E-state index in [1.165, 1.54) is 4.57 Å². The van der Waals surface area contributed by atoms with Crippen LogP contribution in [0.1, 0.15) is 15.9 Å². The molecule has 4 rings (SSSR count). The highest BCUT2D eigenvalue weighted by molar-refractivity contribution is 5.99. The van der Waals surface area contributed by atoms with Crippen molar-refractivity contribution in [2.24, 2.45) is 0 Å². The van der Waals surface area contributed by atoms with Gasteiger partial charge in [-0.25, -0.2) is 4.79 Å². The summed E-state index contributed by atoms with van der Waals surface area (Å²) >= 11 is 0. The van der Waals surface area contributed by atoms with Crippen molar-refractivity contribution in [2.75, 3.05) is 11.9 Å². The fourth-order valence-electron chi connectivity index (χ4n) is 3.00. The van der Waals surface area contributed by atoms with E-state index < -0.39 is 5.76 Å². The summed E-state index contributed by atoms with van der Waals surface area (Å²) in [7, 11) is 0. The molecule has 3 aromatic rings. The van der Waals surface area contributed by atoms with Gasteiger partial charge in [-0.2, -0.15) is 0 Å². The van der Waals surface area contributed by atoms with Crippen LogP contribution in [0.25, 0.3) is 11.1 Å². The largest absolute Gasteiger partial charge is 0.420 e. The maximum absolute atomic E-state index is 12.3. The van der Waals surface area contributed by atoms with E-state index in [4.69, 9.17) is 4.42 Å². The van der Waals surface area contributed by atoms with Gasteiger partial charge in [-0.05, 0) is 36.2 Å². The van der Waals surface area contributed by atoms with Gasteiger partial charge >= 0.3 is 5.76 Å². The van der Waals surface area contributed by atoms with E-state index in [1.54, 1.807) is 36.4 Å². The number of carbonyl (C=O) groups is 2. The Bertz CT molecular complexity index is 1050. The SMILES string of the molecule is O=C(Cn1c(=O)oc2ccccc21)Nc1ccc2c(c1)C(=O)NCC2. The number of rotatable bonds is 3. The fourth-order valence-corrected chi connectivity index (χ4v) is 3.00. The van der Waals surface area contributed by atoms with Crippen LogP contribution >= 0.6 is 0 Å². The Labute approximate surface area is 142 Å².